The predicted molar refractivity (Wildman–Crippen MR) is 92.3 cm³/mol. The summed E-state index contributed by atoms with van der Waals surface area (Å²) in [5, 5.41) is 0. The summed E-state index contributed by atoms with van der Waals surface area (Å²) in [5.74, 6) is 1.46. The van der Waals surface area contributed by atoms with E-state index in [4.69, 9.17) is 5.73 Å². The second kappa shape index (κ2) is 9.88. The molecule has 0 radical (unpaired) electrons. The number of hydrogen-bond acceptors (Lipinski definition) is 3. The number of rotatable bonds is 4. The topological polar surface area (TPSA) is 49.6 Å². The molecular formula is C15H31Cl2N3O. The summed E-state index contributed by atoms with van der Waals surface area (Å²) < 4.78 is 0. The molecule has 0 aromatic carbocycles. The molecule has 0 unspecified atom stereocenters. The normalized spacial score (nSPS) is 26.4. The van der Waals surface area contributed by atoms with Gasteiger partial charge in [0.05, 0.1) is 0 Å². The van der Waals surface area contributed by atoms with Gasteiger partial charge in [-0.15, -0.1) is 24.8 Å². The third-order valence-corrected chi connectivity index (χ3v) is 4.50. The van der Waals surface area contributed by atoms with Gasteiger partial charge in [-0.2, -0.15) is 0 Å². The molecular weight excluding hydrogens is 309 g/mol. The molecule has 0 aromatic rings. The summed E-state index contributed by atoms with van der Waals surface area (Å²) in [6, 6.07) is 0.256. The summed E-state index contributed by atoms with van der Waals surface area (Å²) in [4.78, 5) is 16.8. The van der Waals surface area contributed by atoms with E-state index in [-0.39, 0.29) is 30.9 Å². The van der Waals surface area contributed by atoms with E-state index in [0.29, 0.717) is 24.2 Å². The Morgan fingerprint density at radius 3 is 2.24 bits per heavy atom. The lowest BCUT2D eigenvalue weighted by Crippen LogP contribution is -2.50. The van der Waals surface area contributed by atoms with E-state index in [1.165, 1.54) is 6.42 Å². The molecule has 2 N–H and O–H groups in total. The lowest BCUT2D eigenvalue weighted by molar-refractivity contribution is -0.134. The van der Waals surface area contributed by atoms with Crippen molar-refractivity contribution in [2.24, 2.45) is 17.6 Å². The Morgan fingerprint density at radius 2 is 1.76 bits per heavy atom. The van der Waals surface area contributed by atoms with Crippen LogP contribution in [0.15, 0.2) is 0 Å². The molecule has 1 saturated heterocycles. The number of amides is 1. The van der Waals surface area contributed by atoms with E-state index < -0.39 is 0 Å². The number of carbonyl (C=O) groups is 1. The van der Waals surface area contributed by atoms with Gasteiger partial charge in [-0.1, -0.05) is 20.3 Å². The van der Waals surface area contributed by atoms with Gasteiger partial charge in [-0.05, 0) is 24.7 Å². The molecule has 126 valence electrons. The molecule has 0 spiro atoms. The van der Waals surface area contributed by atoms with E-state index in [1.54, 1.807) is 0 Å². The van der Waals surface area contributed by atoms with Crippen LogP contribution in [0.3, 0.4) is 0 Å². The lowest BCUT2D eigenvalue weighted by atomic mass is 9.99. The third kappa shape index (κ3) is 6.31. The molecule has 1 aliphatic carbocycles. The highest BCUT2D eigenvalue weighted by molar-refractivity contribution is 5.85. The van der Waals surface area contributed by atoms with Gasteiger partial charge < -0.3 is 10.6 Å². The molecule has 21 heavy (non-hydrogen) atoms. The lowest BCUT2D eigenvalue weighted by Gasteiger charge is -2.36. The average Bonchev–Trinajstić information content (AvgIpc) is 2.75. The fraction of sp³-hybridized carbons (Fsp3) is 0.933. The monoisotopic (exact) mass is 339 g/mol. The predicted octanol–water partition coefficient (Wildman–Crippen LogP) is 2.15. The Bertz CT molecular complexity index is 307. The highest BCUT2D eigenvalue weighted by Crippen LogP contribution is 2.27. The molecule has 1 heterocycles. The molecule has 2 rings (SSSR count). The summed E-state index contributed by atoms with van der Waals surface area (Å²) in [6.07, 6.45) is 4.10. The van der Waals surface area contributed by atoms with E-state index in [2.05, 4.69) is 18.7 Å². The van der Waals surface area contributed by atoms with Crippen molar-refractivity contribution in [3.05, 3.63) is 0 Å². The van der Waals surface area contributed by atoms with Crippen LogP contribution in [-0.4, -0.2) is 54.5 Å². The van der Waals surface area contributed by atoms with Gasteiger partial charge in [-0.25, -0.2) is 0 Å². The minimum Gasteiger partial charge on any atom is -0.340 e. The molecule has 4 nitrogen and oxygen atoms in total. The van der Waals surface area contributed by atoms with Crippen LogP contribution in [0.5, 0.6) is 0 Å². The molecule has 2 fully saturated rings. The zero-order valence-corrected chi connectivity index (χ0v) is 14.9. The number of nitrogens with zero attached hydrogens (tertiary/aromatic N) is 2. The molecule has 2 atom stereocenters. The SMILES string of the molecule is CC(C)CN1CCN(C(=O)C[C@@H]2CCC[C@H]2N)CC1.Cl.Cl. The largest absolute Gasteiger partial charge is 0.340 e. The Kier molecular flexibility index (Phi) is 9.87. The van der Waals surface area contributed by atoms with Crippen molar-refractivity contribution < 1.29 is 4.79 Å². The van der Waals surface area contributed by atoms with Crippen molar-refractivity contribution in [3.63, 3.8) is 0 Å². The molecule has 1 amide bonds. The second-order valence-corrected chi connectivity index (χ2v) is 6.63. The smallest absolute Gasteiger partial charge is 0.222 e. The molecule has 0 aromatic heterocycles. The third-order valence-electron chi connectivity index (χ3n) is 4.50. The van der Waals surface area contributed by atoms with Gasteiger partial charge >= 0.3 is 0 Å². The zero-order valence-electron chi connectivity index (χ0n) is 13.3. The van der Waals surface area contributed by atoms with Gasteiger partial charge in [0.2, 0.25) is 5.91 Å². The number of halogens is 2. The number of piperazine rings is 1. The van der Waals surface area contributed by atoms with Crippen molar-refractivity contribution in [3.8, 4) is 0 Å². The maximum Gasteiger partial charge on any atom is 0.222 e. The van der Waals surface area contributed by atoms with Gasteiger partial charge in [0, 0.05) is 45.2 Å². The fourth-order valence-electron chi connectivity index (χ4n) is 3.37. The van der Waals surface area contributed by atoms with Crippen molar-refractivity contribution in [2.45, 2.75) is 45.6 Å². The van der Waals surface area contributed by atoms with Crippen LogP contribution in [0, 0.1) is 11.8 Å². The van der Waals surface area contributed by atoms with Crippen LogP contribution < -0.4 is 5.73 Å². The molecule has 1 saturated carbocycles. The van der Waals surface area contributed by atoms with E-state index in [0.717, 1.165) is 45.6 Å². The van der Waals surface area contributed by atoms with E-state index in [1.807, 2.05) is 4.90 Å². The Hall–Kier alpha value is -0.0300. The fourth-order valence-corrected chi connectivity index (χ4v) is 3.37. The van der Waals surface area contributed by atoms with E-state index in [9.17, 15) is 4.79 Å². The minimum absolute atomic E-state index is 0. The number of carbonyl (C=O) groups excluding carboxylic acids is 1. The van der Waals surface area contributed by atoms with Crippen molar-refractivity contribution >= 4 is 30.7 Å². The van der Waals surface area contributed by atoms with Gasteiger partial charge in [0.1, 0.15) is 0 Å². The highest BCUT2D eigenvalue weighted by Gasteiger charge is 2.29. The first kappa shape index (κ1) is 21.0. The zero-order chi connectivity index (χ0) is 13.8. The molecule has 1 aliphatic heterocycles. The van der Waals surface area contributed by atoms with Gasteiger partial charge in [0.25, 0.3) is 0 Å². The first-order valence-electron chi connectivity index (χ1n) is 7.82. The first-order valence-corrected chi connectivity index (χ1v) is 7.82. The second-order valence-electron chi connectivity index (χ2n) is 6.63. The Labute approximate surface area is 141 Å². The molecule has 6 heteroatoms. The maximum atomic E-state index is 12.3. The maximum absolute atomic E-state index is 12.3. The van der Waals surface area contributed by atoms with Crippen LogP contribution >= 0.6 is 24.8 Å². The Balaban J connectivity index is 0.00000200. The van der Waals surface area contributed by atoms with Crippen molar-refractivity contribution in [2.75, 3.05) is 32.7 Å². The van der Waals surface area contributed by atoms with Gasteiger partial charge in [-0.3, -0.25) is 9.69 Å². The van der Waals surface area contributed by atoms with Crippen LogP contribution in [-0.2, 0) is 4.79 Å². The standard InChI is InChI=1S/C15H29N3O.2ClH/c1-12(2)11-17-6-8-18(9-7-17)15(19)10-13-4-3-5-14(13)16;;/h12-14H,3-11,16H2,1-2H3;2*1H/t13-,14+;;/m0../s1. The first-order chi connectivity index (χ1) is 9.06. The van der Waals surface area contributed by atoms with Crippen LogP contribution in [0.25, 0.3) is 0 Å². The highest BCUT2D eigenvalue weighted by atomic mass is 35.5. The van der Waals surface area contributed by atoms with Crippen LogP contribution in [0.1, 0.15) is 39.5 Å². The Morgan fingerprint density at radius 1 is 1.14 bits per heavy atom. The van der Waals surface area contributed by atoms with E-state index >= 15 is 0 Å². The van der Waals surface area contributed by atoms with Crippen LogP contribution in [0.4, 0.5) is 0 Å². The molecule has 0 bridgehead atoms. The van der Waals surface area contributed by atoms with Gasteiger partial charge in [0.15, 0.2) is 0 Å². The minimum atomic E-state index is 0. The summed E-state index contributed by atoms with van der Waals surface area (Å²) >= 11 is 0. The number of nitrogens with two attached hydrogens (primary N) is 1. The number of hydrogen-bond donors (Lipinski definition) is 1. The summed E-state index contributed by atoms with van der Waals surface area (Å²) in [7, 11) is 0. The van der Waals surface area contributed by atoms with Crippen molar-refractivity contribution in [1.29, 1.82) is 0 Å². The summed E-state index contributed by atoms with van der Waals surface area (Å²) in [5.41, 5.74) is 6.05. The van der Waals surface area contributed by atoms with Crippen LogP contribution in [0.2, 0.25) is 0 Å². The summed E-state index contributed by atoms with van der Waals surface area (Å²) in [6.45, 7) is 9.50. The average molecular weight is 340 g/mol. The quantitative estimate of drug-likeness (QED) is 0.853. The van der Waals surface area contributed by atoms with Crippen molar-refractivity contribution in [1.82, 2.24) is 9.80 Å². The molecule has 2 aliphatic rings.